The van der Waals surface area contributed by atoms with Crippen LogP contribution < -0.4 is 5.43 Å². The minimum atomic E-state index is -0.438. The van der Waals surface area contributed by atoms with Crippen LogP contribution in [-0.2, 0) is 14.4 Å². The van der Waals surface area contributed by atoms with Crippen LogP contribution in [0.5, 0.6) is 0 Å². The van der Waals surface area contributed by atoms with Crippen molar-refractivity contribution in [2.45, 2.75) is 24.7 Å². The SMILES string of the molecule is O=C(NN1C(=O)C2C3c4ccccc4C(c4ccccc43)[C@@H]2C1=O)C1CC1. The molecule has 5 nitrogen and oxygen atoms in total. The molecule has 27 heavy (non-hydrogen) atoms. The van der Waals surface area contributed by atoms with Crippen molar-refractivity contribution in [3.63, 3.8) is 0 Å². The van der Waals surface area contributed by atoms with Gasteiger partial charge < -0.3 is 0 Å². The van der Waals surface area contributed by atoms with Crippen molar-refractivity contribution in [3.8, 4) is 0 Å². The average Bonchev–Trinajstić information content (AvgIpc) is 3.52. The van der Waals surface area contributed by atoms with Crippen LogP contribution in [0.25, 0.3) is 0 Å². The van der Waals surface area contributed by atoms with Crippen molar-refractivity contribution in [2.24, 2.45) is 17.8 Å². The summed E-state index contributed by atoms with van der Waals surface area (Å²) in [6.07, 6.45) is 1.66. The van der Waals surface area contributed by atoms with Gasteiger partial charge in [-0.3, -0.25) is 19.8 Å². The number of nitrogens with zero attached hydrogens (tertiary/aromatic N) is 1. The number of carbonyl (C=O) groups is 3. The number of hydrogen-bond acceptors (Lipinski definition) is 3. The van der Waals surface area contributed by atoms with Gasteiger partial charge in [0, 0.05) is 17.8 Å². The van der Waals surface area contributed by atoms with Gasteiger partial charge in [-0.25, -0.2) is 0 Å². The normalized spacial score (nSPS) is 30.0. The van der Waals surface area contributed by atoms with Crippen molar-refractivity contribution < 1.29 is 14.4 Å². The molecule has 0 spiro atoms. The Balaban J connectivity index is 1.50. The van der Waals surface area contributed by atoms with E-state index in [9.17, 15) is 14.4 Å². The number of benzene rings is 2. The van der Waals surface area contributed by atoms with Crippen molar-refractivity contribution in [1.82, 2.24) is 10.4 Å². The van der Waals surface area contributed by atoms with Crippen molar-refractivity contribution in [1.29, 1.82) is 0 Å². The van der Waals surface area contributed by atoms with Crippen molar-refractivity contribution in [2.75, 3.05) is 0 Å². The second-order valence-corrected chi connectivity index (χ2v) is 8.03. The Bertz CT molecular complexity index is 910. The Morgan fingerprint density at radius 2 is 1.19 bits per heavy atom. The number of amides is 3. The zero-order chi connectivity index (χ0) is 18.3. The third-order valence-electron chi connectivity index (χ3n) is 6.62. The van der Waals surface area contributed by atoms with Crippen LogP contribution in [0.1, 0.15) is 46.9 Å². The van der Waals surface area contributed by atoms with E-state index in [4.69, 9.17) is 0 Å². The van der Waals surface area contributed by atoms with E-state index in [0.29, 0.717) is 0 Å². The monoisotopic (exact) mass is 358 g/mol. The first-order chi connectivity index (χ1) is 13.2. The Morgan fingerprint density at radius 3 is 1.56 bits per heavy atom. The Labute approximate surface area is 156 Å². The second kappa shape index (κ2) is 5.06. The maximum Gasteiger partial charge on any atom is 0.253 e. The summed E-state index contributed by atoms with van der Waals surface area (Å²) in [6, 6.07) is 16.3. The lowest BCUT2D eigenvalue weighted by Gasteiger charge is -2.45. The van der Waals surface area contributed by atoms with E-state index >= 15 is 0 Å². The molecule has 1 aliphatic heterocycles. The summed E-state index contributed by atoms with van der Waals surface area (Å²) in [7, 11) is 0. The molecular formula is C22H18N2O3. The Hall–Kier alpha value is -2.95. The molecule has 1 saturated heterocycles. The molecule has 7 rings (SSSR count). The van der Waals surface area contributed by atoms with Gasteiger partial charge in [-0.15, -0.1) is 0 Å². The van der Waals surface area contributed by atoms with Crippen molar-refractivity contribution >= 4 is 17.7 Å². The lowest BCUT2D eigenvalue weighted by molar-refractivity contribution is -0.149. The van der Waals surface area contributed by atoms with Crippen LogP contribution in [0.3, 0.4) is 0 Å². The third-order valence-corrected chi connectivity index (χ3v) is 6.62. The summed E-state index contributed by atoms with van der Waals surface area (Å²) >= 11 is 0. The molecule has 1 N–H and O–H groups in total. The van der Waals surface area contributed by atoms with Crippen LogP contribution in [0.15, 0.2) is 48.5 Å². The topological polar surface area (TPSA) is 66.5 Å². The molecule has 2 aromatic carbocycles. The molecule has 5 heteroatoms. The van der Waals surface area contributed by atoms with Crippen LogP contribution in [0.2, 0.25) is 0 Å². The molecule has 4 aliphatic carbocycles. The molecular weight excluding hydrogens is 340 g/mol. The number of imide groups is 1. The lowest BCUT2D eigenvalue weighted by Crippen LogP contribution is -2.47. The number of hydrazine groups is 1. The fraction of sp³-hybridized carbons (Fsp3) is 0.318. The summed E-state index contributed by atoms with van der Waals surface area (Å²) in [5, 5.41) is 1.02. The molecule has 2 aromatic rings. The van der Waals surface area contributed by atoms with Gasteiger partial charge >= 0.3 is 0 Å². The summed E-state index contributed by atoms with van der Waals surface area (Å²) < 4.78 is 0. The van der Waals surface area contributed by atoms with E-state index < -0.39 is 11.8 Å². The van der Waals surface area contributed by atoms with Gasteiger partial charge in [-0.1, -0.05) is 48.5 Å². The first kappa shape index (κ1) is 15.1. The summed E-state index contributed by atoms with van der Waals surface area (Å²) in [6.45, 7) is 0. The molecule has 5 aliphatic rings. The van der Waals surface area contributed by atoms with Gasteiger partial charge in [0.15, 0.2) is 0 Å². The van der Waals surface area contributed by atoms with E-state index in [2.05, 4.69) is 29.7 Å². The molecule has 0 aromatic heterocycles. The number of carbonyl (C=O) groups excluding carboxylic acids is 3. The lowest BCUT2D eigenvalue weighted by atomic mass is 9.55. The summed E-state index contributed by atoms with van der Waals surface area (Å²) in [4.78, 5) is 38.7. The van der Waals surface area contributed by atoms with Gasteiger partial charge in [0.05, 0.1) is 11.8 Å². The molecule has 1 unspecified atom stereocenters. The zero-order valence-electron chi connectivity index (χ0n) is 14.6. The average molecular weight is 358 g/mol. The highest BCUT2D eigenvalue weighted by molar-refractivity contribution is 6.08. The van der Waals surface area contributed by atoms with Crippen LogP contribution in [-0.4, -0.2) is 22.7 Å². The summed E-state index contributed by atoms with van der Waals surface area (Å²) in [5.41, 5.74) is 7.17. The highest BCUT2D eigenvalue weighted by atomic mass is 16.2. The highest BCUT2D eigenvalue weighted by Crippen LogP contribution is 2.60. The molecule has 2 atom stereocenters. The molecule has 0 radical (unpaired) electrons. The minimum Gasteiger partial charge on any atom is -0.273 e. The van der Waals surface area contributed by atoms with Crippen LogP contribution >= 0.6 is 0 Å². The number of nitrogens with one attached hydrogen (secondary N) is 1. The van der Waals surface area contributed by atoms with E-state index in [1.54, 1.807) is 0 Å². The summed E-state index contributed by atoms with van der Waals surface area (Å²) in [5.74, 6) is -1.94. The van der Waals surface area contributed by atoms with E-state index in [0.717, 1.165) is 40.1 Å². The second-order valence-electron chi connectivity index (χ2n) is 8.03. The third kappa shape index (κ3) is 1.86. The fourth-order valence-electron chi connectivity index (χ4n) is 5.33. The number of hydrogen-bond donors (Lipinski definition) is 1. The molecule has 134 valence electrons. The van der Waals surface area contributed by atoms with Crippen molar-refractivity contribution in [3.05, 3.63) is 70.8 Å². The predicted molar refractivity (Wildman–Crippen MR) is 96.3 cm³/mol. The molecule has 2 fully saturated rings. The van der Waals surface area contributed by atoms with Gasteiger partial charge in [-0.05, 0) is 35.1 Å². The van der Waals surface area contributed by atoms with Gasteiger partial charge in [0.25, 0.3) is 11.8 Å². The van der Waals surface area contributed by atoms with E-state index in [1.807, 2.05) is 24.3 Å². The van der Waals surface area contributed by atoms with Gasteiger partial charge in [-0.2, -0.15) is 5.01 Å². The fourth-order valence-corrected chi connectivity index (χ4v) is 5.33. The first-order valence-electron chi connectivity index (χ1n) is 9.53. The van der Waals surface area contributed by atoms with Gasteiger partial charge in [0.2, 0.25) is 5.91 Å². The molecule has 3 amide bonds. The molecule has 2 bridgehead atoms. The number of rotatable bonds is 2. The maximum atomic E-state index is 13.2. The van der Waals surface area contributed by atoms with Gasteiger partial charge in [0.1, 0.15) is 0 Å². The van der Waals surface area contributed by atoms with E-state index in [-0.39, 0.29) is 35.5 Å². The highest BCUT2D eigenvalue weighted by Gasteiger charge is 2.62. The minimum absolute atomic E-state index is 0.0562. The molecule has 1 saturated carbocycles. The Kier molecular flexibility index (Phi) is 2.84. The quantitative estimate of drug-likeness (QED) is 0.838. The zero-order valence-corrected chi connectivity index (χ0v) is 14.6. The van der Waals surface area contributed by atoms with Crippen LogP contribution in [0.4, 0.5) is 0 Å². The van der Waals surface area contributed by atoms with Crippen LogP contribution in [0, 0.1) is 17.8 Å². The standard InChI is InChI=1S/C22H18N2O3/c25-20(11-9-10-11)23-24-21(26)18-16-12-5-1-2-6-13(12)17(19(18)22(24)27)15-8-4-3-7-14(15)16/h1-8,11,16-19H,9-10H2,(H,23,25)/t16?,17?,18-,19?/m0/s1. The maximum absolute atomic E-state index is 13.2. The van der Waals surface area contributed by atoms with E-state index in [1.165, 1.54) is 0 Å². The largest absolute Gasteiger partial charge is 0.273 e. The smallest absolute Gasteiger partial charge is 0.253 e. The first-order valence-corrected chi connectivity index (χ1v) is 9.53. The Morgan fingerprint density at radius 1 is 0.778 bits per heavy atom. The molecule has 1 heterocycles. The predicted octanol–water partition coefficient (Wildman–Crippen LogP) is 2.32.